The van der Waals surface area contributed by atoms with Crippen molar-refractivity contribution in [2.45, 2.75) is 98.4 Å². The molecule has 1 rings (SSSR count). The van der Waals surface area contributed by atoms with E-state index in [4.69, 9.17) is 4.98 Å². The Balaban J connectivity index is 2.65. The first kappa shape index (κ1) is 25.2. The van der Waals surface area contributed by atoms with Crippen LogP contribution in [0.15, 0.2) is 12.7 Å². The third-order valence-electron chi connectivity index (χ3n) is 5.30. The highest BCUT2D eigenvalue weighted by Gasteiger charge is 2.09. The molecule has 1 aromatic heterocycles. The van der Waals surface area contributed by atoms with Crippen LogP contribution in [0.5, 0.6) is 0 Å². The summed E-state index contributed by atoms with van der Waals surface area (Å²) in [6.07, 6.45) is 18.3. The second-order valence-corrected chi connectivity index (χ2v) is 8.17. The largest absolute Gasteiger partial charge is 0.356 e. The maximum atomic E-state index is 11.7. The second-order valence-electron chi connectivity index (χ2n) is 8.17. The number of allylic oxidation sites excluding steroid dienone is 1. The van der Waals surface area contributed by atoms with Gasteiger partial charge >= 0.3 is 0 Å². The molecule has 0 unspecified atom stereocenters. The van der Waals surface area contributed by atoms with Crippen molar-refractivity contribution in [1.82, 2.24) is 14.9 Å². The van der Waals surface area contributed by atoms with Crippen molar-refractivity contribution in [2.24, 2.45) is 5.92 Å². The number of nitrogens with zero attached hydrogens (tertiary/aromatic N) is 2. The van der Waals surface area contributed by atoms with Gasteiger partial charge in [0.2, 0.25) is 5.91 Å². The lowest BCUT2D eigenvalue weighted by atomic mass is 10.1. The summed E-state index contributed by atoms with van der Waals surface area (Å²) in [5.74, 6) is 1.28. The van der Waals surface area contributed by atoms with Gasteiger partial charge in [0.15, 0.2) is 0 Å². The highest BCUT2D eigenvalue weighted by atomic mass is 16.1. The van der Waals surface area contributed by atoms with Crippen LogP contribution in [-0.4, -0.2) is 22.0 Å². The monoisotopic (exact) mass is 401 g/mol. The molecule has 0 aliphatic carbocycles. The summed E-state index contributed by atoms with van der Waals surface area (Å²) in [4.78, 5) is 16.6. The number of aromatic nitrogens is 2. The van der Waals surface area contributed by atoms with E-state index in [1.807, 2.05) is 26.8 Å². The van der Waals surface area contributed by atoms with Gasteiger partial charge in [0.05, 0.1) is 10.7 Å². The quantitative estimate of drug-likeness (QED) is 0.440. The summed E-state index contributed by atoms with van der Waals surface area (Å²) in [6, 6.07) is 0. The van der Waals surface area contributed by atoms with E-state index < -0.39 is 0 Å². The zero-order chi connectivity index (χ0) is 21.5. The average molecular weight is 402 g/mol. The number of nitrogens with one attached hydrogen (secondary N) is 1. The van der Waals surface area contributed by atoms with Crippen molar-refractivity contribution in [3.63, 3.8) is 0 Å². The zero-order valence-corrected chi connectivity index (χ0v) is 19.3. The van der Waals surface area contributed by atoms with Gasteiger partial charge in [-0.15, -0.1) is 0 Å². The van der Waals surface area contributed by atoms with Crippen LogP contribution in [0.3, 0.4) is 0 Å². The minimum Gasteiger partial charge on any atom is -0.356 e. The fraction of sp³-hybridized carbons (Fsp3) is 0.680. The first-order valence-electron chi connectivity index (χ1n) is 11.7. The number of hydrogen-bond donors (Lipinski definition) is 1. The zero-order valence-electron chi connectivity index (χ0n) is 19.3. The third kappa shape index (κ3) is 9.47. The Bertz CT molecular complexity index is 715. The molecule has 1 aromatic rings. The van der Waals surface area contributed by atoms with Gasteiger partial charge in [-0.2, -0.15) is 0 Å². The lowest BCUT2D eigenvalue weighted by molar-refractivity contribution is -0.123. The summed E-state index contributed by atoms with van der Waals surface area (Å²) in [5.41, 5.74) is 0. The molecule has 1 heterocycles. The number of unbranched alkanes of at least 4 members (excludes halogenated alkanes) is 7. The van der Waals surface area contributed by atoms with Crippen molar-refractivity contribution in [3.8, 4) is 0 Å². The summed E-state index contributed by atoms with van der Waals surface area (Å²) in [6.45, 7) is 13.7. The SMILES string of the molecule is C=C/C=c1\c(=C/C)nc(CCCNC(=O)C(C)C)n1CCCCCCCCCC. The van der Waals surface area contributed by atoms with Gasteiger partial charge in [-0.25, -0.2) is 4.98 Å². The smallest absolute Gasteiger partial charge is 0.222 e. The third-order valence-corrected chi connectivity index (χ3v) is 5.30. The number of hydrogen-bond acceptors (Lipinski definition) is 2. The lowest BCUT2D eigenvalue weighted by Crippen LogP contribution is -2.30. The normalized spacial score (nSPS) is 12.7. The Morgan fingerprint density at radius 2 is 1.76 bits per heavy atom. The van der Waals surface area contributed by atoms with E-state index in [9.17, 15) is 4.79 Å². The fourth-order valence-electron chi connectivity index (χ4n) is 3.54. The number of imidazole rings is 1. The molecule has 0 spiro atoms. The highest BCUT2D eigenvalue weighted by Crippen LogP contribution is 2.09. The van der Waals surface area contributed by atoms with Gasteiger partial charge in [0, 0.05) is 25.4 Å². The van der Waals surface area contributed by atoms with Crippen molar-refractivity contribution in [3.05, 3.63) is 29.2 Å². The molecule has 0 fully saturated rings. The second kappa shape index (κ2) is 15.1. The van der Waals surface area contributed by atoms with Crippen LogP contribution in [-0.2, 0) is 17.8 Å². The Hall–Kier alpha value is -1.84. The summed E-state index contributed by atoms with van der Waals surface area (Å²) >= 11 is 0. The molecule has 29 heavy (non-hydrogen) atoms. The van der Waals surface area contributed by atoms with Crippen molar-refractivity contribution >= 4 is 18.1 Å². The molecule has 4 nitrogen and oxygen atoms in total. The first-order chi connectivity index (χ1) is 14.0. The molecule has 164 valence electrons. The van der Waals surface area contributed by atoms with Crippen LogP contribution in [0, 0.1) is 5.92 Å². The van der Waals surface area contributed by atoms with Gasteiger partial charge in [-0.3, -0.25) is 4.79 Å². The summed E-state index contributed by atoms with van der Waals surface area (Å²) < 4.78 is 2.36. The molecule has 0 aliphatic rings. The van der Waals surface area contributed by atoms with E-state index in [2.05, 4.69) is 35.5 Å². The average Bonchev–Trinajstić information content (AvgIpc) is 3.04. The Labute approximate surface area is 178 Å². The molecule has 0 aliphatic heterocycles. The Kier molecular flexibility index (Phi) is 13.1. The maximum Gasteiger partial charge on any atom is 0.222 e. The van der Waals surface area contributed by atoms with Crippen LogP contribution in [0.25, 0.3) is 12.2 Å². The van der Waals surface area contributed by atoms with Crippen LogP contribution in [0.4, 0.5) is 0 Å². The molecule has 0 bridgehead atoms. The lowest BCUT2D eigenvalue weighted by Gasteiger charge is -2.10. The van der Waals surface area contributed by atoms with Crippen molar-refractivity contribution < 1.29 is 4.79 Å². The minimum absolute atomic E-state index is 0.0362. The van der Waals surface area contributed by atoms with Gasteiger partial charge in [0.1, 0.15) is 5.82 Å². The minimum atomic E-state index is 0.0362. The van der Waals surface area contributed by atoms with Gasteiger partial charge < -0.3 is 9.88 Å². The van der Waals surface area contributed by atoms with Crippen LogP contribution >= 0.6 is 0 Å². The molecule has 1 amide bonds. The van der Waals surface area contributed by atoms with E-state index in [1.54, 1.807) is 0 Å². The molecule has 0 aromatic carbocycles. The van der Waals surface area contributed by atoms with Gasteiger partial charge in [-0.1, -0.05) is 84.4 Å². The molecule has 0 radical (unpaired) electrons. The van der Waals surface area contributed by atoms with E-state index in [0.29, 0.717) is 6.54 Å². The standard InChI is InChI=1S/C25H43N3O/c1-6-9-10-11-12-13-14-15-20-28-23(17-7-2)22(8-3)27-24(28)18-16-19-26-25(29)21(4)5/h7-8,17,21H,2,6,9-16,18-20H2,1,3-5H3,(H,26,29)/b22-8+,23-17+. The molecule has 1 N–H and O–H groups in total. The molecular formula is C25H43N3O. The molecule has 0 saturated heterocycles. The van der Waals surface area contributed by atoms with Crippen molar-refractivity contribution in [1.29, 1.82) is 0 Å². The number of amides is 1. The summed E-state index contributed by atoms with van der Waals surface area (Å²) in [7, 11) is 0. The predicted molar refractivity (Wildman–Crippen MR) is 125 cm³/mol. The number of rotatable bonds is 15. The van der Waals surface area contributed by atoms with E-state index in [0.717, 1.165) is 35.9 Å². The summed E-state index contributed by atoms with van der Waals surface area (Å²) in [5, 5.41) is 5.20. The van der Waals surface area contributed by atoms with Gasteiger partial charge in [0.25, 0.3) is 0 Å². The van der Waals surface area contributed by atoms with Crippen LogP contribution in [0.1, 0.15) is 91.3 Å². The number of aryl methyl sites for hydroxylation is 1. The maximum absolute atomic E-state index is 11.7. The Morgan fingerprint density at radius 3 is 2.34 bits per heavy atom. The first-order valence-corrected chi connectivity index (χ1v) is 11.7. The predicted octanol–water partition coefficient (Wildman–Crippen LogP) is 4.50. The van der Waals surface area contributed by atoms with Crippen LogP contribution < -0.4 is 16.0 Å². The van der Waals surface area contributed by atoms with Gasteiger partial charge in [-0.05, 0) is 25.8 Å². The molecule has 0 saturated carbocycles. The van der Waals surface area contributed by atoms with E-state index in [-0.39, 0.29) is 11.8 Å². The molecule has 0 atom stereocenters. The number of carbonyl (C=O) groups excluding carboxylic acids is 1. The van der Waals surface area contributed by atoms with E-state index >= 15 is 0 Å². The van der Waals surface area contributed by atoms with Crippen molar-refractivity contribution in [2.75, 3.05) is 6.54 Å². The van der Waals surface area contributed by atoms with E-state index in [1.165, 1.54) is 51.4 Å². The van der Waals surface area contributed by atoms with Crippen LogP contribution in [0.2, 0.25) is 0 Å². The fourth-order valence-corrected chi connectivity index (χ4v) is 3.54. The topological polar surface area (TPSA) is 46.9 Å². The molecular weight excluding hydrogens is 358 g/mol. The molecule has 4 heteroatoms. The Morgan fingerprint density at radius 1 is 1.10 bits per heavy atom. The number of carbonyl (C=O) groups is 1. The highest BCUT2D eigenvalue weighted by molar-refractivity contribution is 5.77.